The van der Waals surface area contributed by atoms with Gasteiger partial charge in [0.2, 0.25) is 0 Å². The molecule has 1 unspecified atom stereocenters. The largest absolute Gasteiger partial charge is 0.497 e. The second-order valence-corrected chi connectivity index (χ2v) is 5.96. The standard InChI is InChI=1S/C18H22BrNO/c1-4-13-5-7-14(8-6-13)11-18(20-2)16-12-15(21-3)9-10-17(16)19/h5-10,12,18,20H,4,11H2,1-3H3. The van der Waals surface area contributed by atoms with E-state index in [4.69, 9.17) is 4.74 Å². The van der Waals surface area contributed by atoms with Gasteiger partial charge in [0.05, 0.1) is 7.11 Å². The Hall–Kier alpha value is -1.32. The van der Waals surface area contributed by atoms with Crippen LogP contribution in [0, 0.1) is 0 Å². The van der Waals surface area contributed by atoms with Crippen LogP contribution in [0.25, 0.3) is 0 Å². The number of ether oxygens (including phenoxy) is 1. The lowest BCUT2D eigenvalue weighted by Crippen LogP contribution is -2.19. The molecule has 2 aromatic rings. The molecule has 2 aromatic carbocycles. The van der Waals surface area contributed by atoms with Crippen LogP contribution in [0.2, 0.25) is 0 Å². The number of likely N-dealkylation sites (N-methyl/N-ethyl adjacent to an activating group) is 1. The van der Waals surface area contributed by atoms with Crippen LogP contribution in [0.3, 0.4) is 0 Å². The highest BCUT2D eigenvalue weighted by Gasteiger charge is 2.14. The van der Waals surface area contributed by atoms with E-state index in [0.717, 1.165) is 23.1 Å². The molecule has 3 heteroatoms. The van der Waals surface area contributed by atoms with Gasteiger partial charge in [-0.25, -0.2) is 0 Å². The first-order chi connectivity index (χ1) is 10.2. The Bertz CT molecular complexity index is 580. The monoisotopic (exact) mass is 347 g/mol. The molecule has 1 N–H and O–H groups in total. The van der Waals surface area contributed by atoms with E-state index in [-0.39, 0.29) is 6.04 Å². The molecule has 0 saturated carbocycles. The maximum atomic E-state index is 5.34. The topological polar surface area (TPSA) is 21.3 Å². The van der Waals surface area contributed by atoms with Crippen LogP contribution < -0.4 is 10.1 Å². The van der Waals surface area contributed by atoms with Crippen LogP contribution in [0.15, 0.2) is 46.9 Å². The highest BCUT2D eigenvalue weighted by molar-refractivity contribution is 9.10. The third-order valence-corrected chi connectivity index (χ3v) is 4.52. The molecule has 2 rings (SSSR count). The molecule has 1 atom stereocenters. The SMILES string of the molecule is CCc1ccc(CC(NC)c2cc(OC)ccc2Br)cc1. The van der Waals surface area contributed by atoms with Crippen molar-refractivity contribution >= 4 is 15.9 Å². The molecule has 0 aromatic heterocycles. The molecule has 0 aliphatic heterocycles. The van der Waals surface area contributed by atoms with Crippen LogP contribution in [0.5, 0.6) is 5.75 Å². The van der Waals surface area contributed by atoms with Crippen LogP contribution >= 0.6 is 15.9 Å². The fourth-order valence-electron chi connectivity index (χ4n) is 2.43. The van der Waals surface area contributed by atoms with Crippen molar-refractivity contribution in [1.29, 1.82) is 0 Å². The molecule has 0 spiro atoms. The van der Waals surface area contributed by atoms with Gasteiger partial charge in [0.1, 0.15) is 5.75 Å². The predicted octanol–water partition coefficient (Wildman–Crippen LogP) is 4.52. The third kappa shape index (κ3) is 4.08. The normalized spacial score (nSPS) is 12.2. The molecule has 0 fully saturated rings. The zero-order chi connectivity index (χ0) is 15.2. The van der Waals surface area contributed by atoms with E-state index < -0.39 is 0 Å². The summed E-state index contributed by atoms with van der Waals surface area (Å²) in [4.78, 5) is 0. The zero-order valence-corrected chi connectivity index (χ0v) is 14.4. The third-order valence-electron chi connectivity index (χ3n) is 3.80. The molecular weight excluding hydrogens is 326 g/mol. The number of benzene rings is 2. The van der Waals surface area contributed by atoms with Gasteiger partial charge in [0.15, 0.2) is 0 Å². The van der Waals surface area contributed by atoms with Crippen molar-refractivity contribution in [3.63, 3.8) is 0 Å². The number of rotatable bonds is 6. The zero-order valence-electron chi connectivity index (χ0n) is 12.8. The fraction of sp³-hybridized carbons (Fsp3) is 0.333. The summed E-state index contributed by atoms with van der Waals surface area (Å²) in [5.74, 6) is 0.884. The van der Waals surface area contributed by atoms with Gasteiger partial charge in [-0.2, -0.15) is 0 Å². The number of aryl methyl sites for hydroxylation is 1. The maximum absolute atomic E-state index is 5.34. The summed E-state index contributed by atoms with van der Waals surface area (Å²) in [5, 5.41) is 3.40. The van der Waals surface area contributed by atoms with Gasteiger partial charge in [-0.05, 0) is 54.8 Å². The summed E-state index contributed by atoms with van der Waals surface area (Å²) >= 11 is 3.64. The highest BCUT2D eigenvalue weighted by atomic mass is 79.9. The number of hydrogen-bond donors (Lipinski definition) is 1. The molecule has 0 bridgehead atoms. The van der Waals surface area contributed by atoms with Gasteiger partial charge in [-0.3, -0.25) is 0 Å². The van der Waals surface area contributed by atoms with Gasteiger partial charge in [0, 0.05) is 10.5 Å². The van der Waals surface area contributed by atoms with Crippen molar-refractivity contribution in [2.24, 2.45) is 0 Å². The number of methoxy groups -OCH3 is 1. The summed E-state index contributed by atoms with van der Waals surface area (Å²) in [7, 11) is 3.70. The van der Waals surface area contributed by atoms with Crippen molar-refractivity contribution in [2.45, 2.75) is 25.8 Å². The van der Waals surface area contributed by atoms with Gasteiger partial charge >= 0.3 is 0 Å². The van der Waals surface area contributed by atoms with Gasteiger partial charge in [-0.1, -0.05) is 47.1 Å². The number of halogens is 1. The highest BCUT2D eigenvalue weighted by Crippen LogP contribution is 2.29. The van der Waals surface area contributed by atoms with Gasteiger partial charge in [0.25, 0.3) is 0 Å². The molecule has 0 heterocycles. The smallest absolute Gasteiger partial charge is 0.119 e. The average Bonchev–Trinajstić information content (AvgIpc) is 2.54. The van der Waals surface area contributed by atoms with Crippen LogP contribution in [0.1, 0.15) is 29.7 Å². The van der Waals surface area contributed by atoms with E-state index in [2.05, 4.69) is 58.5 Å². The molecule has 0 aliphatic carbocycles. The van der Waals surface area contributed by atoms with Crippen molar-refractivity contribution < 1.29 is 4.74 Å². The Labute approximate surface area is 135 Å². The summed E-state index contributed by atoms with van der Waals surface area (Å²) in [6, 6.07) is 15.2. The van der Waals surface area contributed by atoms with E-state index in [1.54, 1.807) is 7.11 Å². The number of nitrogens with one attached hydrogen (secondary N) is 1. The van der Waals surface area contributed by atoms with Crippen molar-refractivity contribution in [2.75, 3.05) is 14.2 Å². The fourth-order valence-corrected chi connectivity index (χ4v) is 2.95. The Kier molecular flexibility index (Phi) is 5.83. The van der Waals surface area contributed by atoms with Crippen molar-refractivity contribution in [3.05, 3.63) is 63.6 Å². The molecule has 2 nitrogen and oxygen atoms in total. The van der Waals surface area contributed by atoms with E-state index >= 15 is 0 Å². The molecule has 0 radical (unpaired) electrons. The first-order valence-corrected chi connectivity index (χ1v) is 8.05. The van der Waals surface area contributed by atoms with E-state index in [1.165, 1.54) is 16.7 Å². The maximum Gasteiger partial charge on any atom is 0.119 e. The summed E-state index contributed by atoms with van der Waals surface area (Å²) < 4.78 is 6.44. The number of hydrogen-bond acceptors (Lipinski definition) is 2. The second kappa shape index (κ2) is 7.62. The molecular formula is C18H22BrNO. The van der Waals surface area contributed by atoms with Crippen LogP contribution in [0.4, 0.5) is 0 Å². The minimum Gasteiger partial charge on any atom is -0.497 e. The molecule has 21 heavy (non-hydrogen) atoms. The van der Waals surface area contributed by atoms with Gasteiger partial charge in [-0.15, -0.1) is 0 Å². The molecule has 112 valence electrons. The van der Waals surface area contributed by atoms with Crippen LogP contribution in [-0.4, -0.2) is 14.2 Å². The lowest BCUT2D eigenvalue weighted by atomic mass is 9.98. The average molecular weight is 348 g/mol. The molecule has 0 amide bonds. The second-order valence-electron chi connectivity index (χ2n) is 5.10. The first-order valence-electron chi connectivity index (χ1n) is 7.26. The first kappa shape index (κ1) is 16.1. The Morgan fingerprint density at radius 3 is 2.33 bits per heavy atom. The molecule has 0 aliphatic rings. The summed E-state index contributed by atoms with van der Waals surface area (Å²) in [6.07, 6.45) is 2.03. The van der Waals surface area contributed by atoms with Crippen molar-refractivity contribution in [1.82, 2.24) is 5.32 Å². The Morgan fingerprint density at radius 2 is 1.76 bits per heavy atom. The Balaban J connectivity index is 2.22. The Morgan fingerprint density at radius 1 is 1.10 bits per heavy atom. The predicted molar refractivity (Wildman–Crippen MR) is 92.0 cm³/mol. The minimum absolute atomic E-state index is 0.252. The summed E-state index contributed by atoms with van der Waals surface area (Å²) in [6.45, 7) is 2.18. The quantitative estimate of drug-likeness (QED) is 0.829. The van der Waals surface area contributed by atoms with E-state index in [9.17, 15) is 0 Å². The summed E-state index contributed by atoms with van der Waals surface area (Å²) in [5.41, 5.74) is 3.93. The lowest BCUT2D eigenvalue weighted by Gasteiger charge is -2.19. The van der Waals surface area contributed by atoms with E-state index in [1.807, 2.05) is 19.2 Å². The minimum atomic E-state index is 0.252. The van der Waals surface area contributed by atoms with E-state index in [0.29, 0.717) is 0 Å². The van der Waals surface area contributed by atoms with Crippen LogP contribution in [-0.2, 0) is 12.8 Å². The van der Waals surface area contributed by atoms with Gasteiger partial charge < -0.3 is 10.1 Å². The van der Waals surface area contributed by atoms with Crippen molar-refractivity contribution in [3.8, 4) is 5.75 Å². The lowest BCUT2D eigenvalue weighted by molar-refractivity contribution is 0.413. The molecule has 0 saturated heterocycles.